The van der Waals surface area contributed by atoms with Crippen molar-refractivity contribution < 1.29 is 38.7 Å². The fourth-order valence-electron chi connectivity index (χ4n) is 9.40. The molecule has 4 fully saturated rings. The largest absolute Gasteiger partial charge is 0.507 e. The number of alkyl carbamates (subject to hydrolysis) is 2. The lowest BCUT2D eigenvalue weighted by Crippen LogP contribution is -2.42. The Morgan fingerprint density at radius 1 is 0.623 bits per heavy atom. The van der Waals surface area contributed by atoms with Crippen LogP contribution in [0.25, 0.3) is 44.6 Å². The van der Waals surface area contributed by atoms with Gasteiger partial charge in [-0.3, -0.25) is 0 Å². The molecule has 17 heteroatoms. The third-order valence-corrected chi connectivity index (χ3v) is 13.0. The van der Waals surface area contributed by atoms with Gasteiger partial charge in [0.25, 0.3) is 0 Å². The summed E-state index contributed by atoms with van der Waals surface area (Å²) >= 11 is 0. The van der Waals surface area contributed by atoms with Gasteiger partial charge in [-0.2, -0.15) is 0 Å². The number of aromatic hydroxyl groups is 2. The van der Waals surface area contributed by atoms with Gasteiger partial charge in [0.1, 0.15) is 35.3 Å². The number of phenols is 2. The molecule has 6 heterocycles. The highest BCUT2D eigenvalue weighted by molar-refractivity contribution is 5.93. The normalized spacial score (nSPS) is 20.1. The lowest BCUT2D eigenvalue weighted by Gasteiger charge is -2.34. The molecule has 2 aromatic heterocycles. The Bertz CT molecular complexity index is 2550. The minimum atomic E-state index is -0.377. The summed E-state index contributed by atoms with van der Waals surface area (Å²) in [6.07, 6.45) is 4.51. The number of hydrogen-bond donors (Lipinski definition) is 4. The predicted molar refractivity (Wildman–Crippen MR) is 267 cm³/mol. The fourth-order valence-corrected chi connectivity index (χ4v) is 9.40. The minimum Gasteiger partial charge on any atom is -0.507 e. The van der Waals surface area contributed by atoms with E-state index in [2.05, 4.69) is 56.8 Å². The Labute approximate surface area is 408 Å². The van der Waals surface area contributed by atoms with Crippen molar-refractivity contribution in [1.29, 1.82) is 0 Å². The van der Waals surface area contributed by atoms with Crippen LogP contribution in [0.3, 0.4) is 0 Å². The first kappa shape index (κ1) is 48.9. The Balaban J connectivity index is 0.000000183. The summed E-state index contributed by atoms with van der Waals surface area (Å²) in [7, 11) is 0. The lowest BCUT2D eigenvalue weighted by atomic mass is 9.97. The molecule has 364 valence electrons. The molecule has 0 spiro atoms. The van der Waals surface area contributed by atoms with Gasteiger partial charge in [0.05, 0.1) is 48.6 Å². The van der Waals surface area contributed by atoms with E-state index in [9.17, 15) is 19.8 Å². The molecule has 4 aliphatic heterocycles. The SMILES string of the molecule is Cc1ccc2c(N3CCC[C@H](CNC(=O)O[C@H]4CCOC4)C3)nc(-c3ccccc3O)nc2c1.Cc1ccc2c(N3CCC[C@H](CNC(=O)O[C@H]4CCOC4)C3)nc(-c3ccccc3O)nc2c1.Cl. The number of anilines is 2. The van der Waals surface area contributed by atoms with Gasteiger partial charge in [-0.15, -0.1) is 12.4 Å². The van der Waals surface area contributed by atoms with Crippen LogP contribution < -0.4 is 20.4 Å². The van der Waals surface area contributed by atoms with Crippen molar-refractivity contribution in [1.82, 2.24) is 30.6 Å². The molecule has 6 aromatic rings. The standard InChI is InChI=1S/2C26H30N4O4.ClH/c2*1-17-8-9-20-22(13-17)28-24(21-6-2-3-7-23(21)31)29-25(20)30-11-4-5-18(15-30)14-27-26(32)34-19-10-12-33-16-19;/h2*2-3,6-9,13,18-19,31H,4-5,10-12,14-16H2,1H3,(H,27,32);1H/t2*18-,19+;/m11./s1. The summed E-state index contributed by atoms with van der Waals surface area (Å²) in [6, 6.07) is 26.7. The molecule has 2 amide bonds. The van der Waals surface area contributed by atoms with Crippen LogP contribution in [0, 0.1) is 25.7 Å². The molecule has 0 unspecified atom stereocenters. The average Bonchev–Trinajstić information content (AvgIpc) is 4.07. The summed E-state index contributed by atoms with van der Waals surface area (Å²) in [5, 5.41) is 28.6. The maximum Gasteiger partial charge on any atom is 0.407 e. The van der Waals surface area contributed by atoms with Crippen LogP contribution in [0.15, 0.2) is 84.9 Å². The van der Waals surface area contributed by atoms with Crippen LogP contribution in [0.5, 0.6) is 11.5 Å². The summed E-state index contributed by atoms with van der Waals surface area (Å²) < 4.78 is 21.4. The number of aryl methyl sites for hydroxylation is 2. The number of fused-ring (bicyclic) bond motifs is 2. The molecule has 0 saturated carbocycles. The van der Waals surface area contributed by atoms with Gasteiger partial charge in [-0.05, 0) is 111 Å². The van der Waals surface area contributed by atoms with Crippen molar-refractivity contribution in [3.8, 4) is 34.3 Å². The topological polar surface area (TPSA) is 194 Å². The van der Waals surface area contributed by atoms with Gasteiger partial charge in [0.2, 0.25) is 0 Å². The number of halogens is 1. The van der Waals surface area contributed by atoms with Gasteiger partial charge in [0.15, 0.2) is 11.6 Å². The molecule has 4 aliphatic rings. The van der Waals surface area contributed by atoms with Crippen molar-refractivity contribution >= 4 is 58.0 Å². The number of ether oxygens (including phenoxy) is 4. The van der Waals surface area contributed by atoms with Crippen LogP contribution in [0.1, 0.15) is 49.7 Å². The van der Waals surface area contributed by atoms with Gasteiger partial charge in [-0.1, -0.05) is 36.4 Å². The zero-order chi connectivity index (χ0) is 47.0. The molecule has 69 heavy (non-hydrogen) atoms. The molecule has 0 radical (unpaired) electrons. The van der Waals surface area contributed by atoms with E-state index in [0.29, 0.717) is 62.3 Å². The van der Waals surface area contributed by atoms with Gasteiger partial charge < -0.3 is 49.6 Å². The number of rotatable bonds is 10. The average molecular weight is 962 g/mol. The molecular formula is C52H61ClN8O8. The Kier molecular flexibility index (Phi) is 16.1. The van der Waals surface area contributed by atoms with E-state index in [0.717, 1.165) is 109 Å². The quantitative estimate of drug-likeness (QED) is 0.102. The molecule has 4 aromatic carbocycles. The second kappa shape index (κ2) is 22.7. The number of para-hydroxylation sites is 2. The summed E-state index contributed by atoms with van der Waals surface area (Å²) in [5.41, 5.74) is 5.17. The fraction of sp³-hybridized carbons (Fsp3) is 0.423. The Morgan fingerprint density at radius 3 is 1.46 bits per heavy atom. The zero-order valence-corrected chi connectivity index (χ0v) is 40.0. The maximum atomic E-state index is 12.2. The number of benzene rings is 4. The van der Waals surface area contributed by atoms with Crippen LogP contribution in [0.2, 0.25) is 0 Å². The second-order valence-electron chi connectivity index (χ2n) is 18.3. The zero-order valence-electron chi connectivity index (χ0n) is 39.1. The van der Waals surface area contributed by atoms with Crippen LogP contribution in [-0.4, -0.2) is 120 Å². The number of piperidine rings is 2. The highest BCUT2D eigenvalue weighted by Gasteiger charge is 2.28. The molecule has 4 N–H and O–H groups in total. The number of hydrogen-bond acceptors (Lipinski definition) is 14. The van der Waals surface area contributed by atoms with E-state index in [1.165, 1.54) is 0 Å². The third kappa shape index (κ3) is 12.2. The number of phenolic OH excluding ortho intramolecular Hbond substituents is 2. The van der Waals surface area contributed by atoms with Crippen LogP contribution in [-0.2, 0) is 18.9 Å². The summed E-state index contributed by atoms with van der Waals surface area (Å²) in [6.45, 7) is 10.7. The monoisotopic (exact) mass is 960 g/mol. The molecule has 0 bridgehead atoms. The molecule has 0 aliphatic carbocycles. The van der Waals surface area contributed by atoms with Crippen LogP contribution >= 0.6 is 12.4 Å². The first-order chi connectivity index (χ1) is 33.1. The van der Waals surface area contributed by atoms with Crippen molar-refractivity contribution in [2.75, 3.05) is 75.5 Å². The smallest absolute Gasteiger partial charge is 0.407 e. The van der Waals surface area contributed by atoms with E-state index in [1.807, 2.05) is 38.1 Å². The molecule has 4 atom stereocenters. The molecule has 16 nitrogen and oxygen atoms in total. The van der Waals surface area contributed by atoms with Crippen molar-refractivity contribution in [2.45, 2.75) is 64.6 Å². The number of carbonyl (C=O) groups excluding carboxylic acids is 2. The van der Waals surface area contributed by atoms with E-state index in [1.54, 1.807) is 24.3 Å². The highest BCUT2D eigenvalue weighted by atomic mass is 35.5. The number of nitrogens with zero attached hydrogens (tertiary/aromatic N) is 6. The van der Waals surface area contributed by atoms with Crippen molar-refractivity contribution in [3.05, 3.63) is 96.1 Å². The Hall–Kier alpha value is -6.49. The minimum absolute atomic E-state index is 0. The summed E-state index contributed by atoms with van der Waals surface area (Å²) in [4.78, 5) is 48.3. The predicted octanol–water partition coefficient (Wildman–Crippen LogP) is 8.51. The summed E-state index contributed by atoms with van der Waals surface area (Å²) in [5.74, 6) is 3.62. The highest BCUT2D eigenvalue weighted by Crippen LogP contribution is 2.35. The molecule has 4 saturated heterocycles. The van der Waals surface area contributed by atoms with E-state index in [4.69, 9.17) is 38.9 Å². The molecule has 10 rings (SSSR count). The van der Waals surface area contributed by atoms with E-state index >= 15 is 0 Å². The number of nitrogens with one attached hydrogen (secondary N) is 2. The molecular weight excluding hydrogens is 900 g/mol. The number of amides is 2. The Morgan fingerprint density at radius 2 is 1.06 bits per heavy atom. The third-order valence-electron chi connectivity index (χ3n) is 13.0. The van der Waals surface area contributed by atoms with Crippen molar-refractivity contribution in [3.63, 3.8) is 0 Å². The maximum absolute atomic E-state index is 12.2. The van der Waals surface area contributed by atoms with Gasteiger partial charge in [-0.25, -0.2) is 29.5 Å². The van der Waals surface area contributed by atoms with Gasteiger partial charge >= 0.3 is 12.2 Å². The van der Waals surface area contributed by atoms with Gasteiger partial charge in [0, 0.05) is 62.9 Å². The number of aromatic nitrogens is 4. The van der Waals surface area contributed by atoms with E-state index < -0.39 is 0 Å². The first-order valence-electron chi connectivity index (χ1n) is 23.8. The van der Waals surface area contributed by atoms with E-state index in [-0.39, 0.29) is 60.1 Å². The second-order valence-corrected chi connectivity index (χ2v) is 18.3. The van der Waals surface area contributed by atoms with Crippen molar-refractivity contribution in [2.24, 2.45) is 11.8 Å². The first-order valence-corrected chi connectivity index (χ1v) is 23.8. The number of carbonyl (C=O) groups is 2. The lowest BCUT2D eigenvalue weighted by molar-refractivity contribution is 0.0816. The van der Waals surface area contributed by atoms with Crippen LogP contribution in [0.4, 0.5) is 21.2 Å².